The fraction of sp³-hybridized carbons (Fsp3) is 0.970. The van der Waals surface area contributed by atoms with Gasteiger partial charge in [0.25, 0.3) is 0 Å². The van der Waals surface area contributed by atoms with Gasteiger partial charge >= 0.3 is 5.97 Å². The van der Waals surface area contributed by atoms with Gasteiger partial charge < -0.3 is 4.74 Å². The van der Waals surface area contributed by atoms with Gasteiger partial charge in [-0.2, -0.15) is 0 Å². The molecule has 240 valence electrons. The van der Waals surface area contributed by atoms with E-state index in [1.165, 1.54) is 70.6 Å². The second kappa shape index (κ2) is 30.0. The van der Waals surface area contributed by atoms with E-state index in [9.17, 15) is 4.79 Å². The van der Waals surface area contributed by atoms with Crippen LogP contribution in [0.4, 0.5) is 0 Å². The lowest BCUT2D eigenvalue weighted by atomic mass is 10.0. The largest absolute Gasteiger partial charge is 0.466 e. The second-order valence-electron chi connectivity index (χ2n) is 11.7. The predicted molar refractivity (Wildman–Crippen MR) is 181 cm³/mol. The number of halogens is 5. The molecular weight excluding hydrogens is 606 g/mol. The molecule has 0 aliphatic carbocycles. The van der Waals surface area contributed by atoms with E-state index in [4.69, 9.17) is 62.7 Å². The molecule has 40 heavy (non-hydrogen) atoms. The summed E-state index contributed by atoms with van der Waals surface area (Å²) in [4.78, 5) is 12.0. The topological polar surface area (TPSA) is 26.3 Å². The Hall–Kier alpha value is 0.920. The number of ether oxygens (including phenoxy) is 1. The maximum absolute atomic E-state index is 12.0. The zero-order valence-electron chi connectivity index (χ0n) is 25.8. The maximum Gasteiger partial charge on any atom is 0.305 e. The van der Waals surface area contributed by atoms with E-state index in [1.54, 1.807) is 0 Å². The number of esters is 1. The number of alkyl halides is 5. The molecule has 0 radical (unpaired) electrons. The van der Waals surface area contributed by atoms with Crippen LogP contribution in [-0.2, 0) is 9.53 Å². The molecule has 0 amide bonds. The Labute approximate surface area is 273 Å². The van der Waals surface area contributed by atoms with Gasteiger partial charge in [-0.3, -0.25) is 4.79 Å². The highest BCUT2D eigenvalue weighted by Crippen LogP contribution is 2.26. The molecule has 0 N–H and O–H groups in total. The average Bonchev–Trinajstić information content (AvgIpc) is 2.92. The van der Waals surface area contributed by atoms with Crippen molar-refractivity contribution in [1.82, 2.24) is 0 Å². The van der Waals surface area contributed by atoms with Crippen LogP contribution in [0.5, 0.6) is 0 Å². The summed E-state index contributed by atoms with van der Waals surface area (Å²) in [6.45, 7) is 4.86. The molecule has 5 unspecified atom stereocenters. The van der Waals surface area contributed by atoms with Gasteiger partial charge in [0.2, 0.25) is 0 Å². The lowest BCUT2D eigenvalue weighted by Crippen LogP contribution is -2.18. The summed E-state index contributed by atoms with van der Waals surface area (Å²) in [7, 11) is 0. The second-order valence-corrected chi connectivity index (χ2v) is 14.7. The first-order valence-corrected chi connectivity index (χ1v) is 18.8. The van der Waals surface area contributed by atoms with Crippen LogP contribution in [0.3, 0.4) is 0 Å². The molecule has 0 aromatic rings. The minimum Gasteiger partial charge on any atom is -0.466 e. The van der Waals surface area contributed by atoms with E-state index in [0.29, 0.717) is 13.0 Å². The molecule has 0 heterocycles. The third kappa shape index (κ3) is 27.7. The molecule has 2 nitrogen and oxygen atoms in total. The number of unbranched alkanes of at least 4 members (excludes halogenated alkanes) is 12. The first-order chi connectivity index (χ1) is 19.3. The standard InChI is InChI=1S/C33H61Cl5O2/c1-3-5-6-7-8-9-10-11-12-13-14-15-16-23-33(39)40-26-18-21-28(34)24-25-32(38)31(37)22-17-20-30(36)27-29(35)19-4-2/h28-32H,3-27H2,1-2H3. The van der Waals surface area contributed by atoms with E-state index in [1.807, 2.05) is 0 Å². The van der Waals surface area contributed by atoms with Gasteiger partial charge in [-0.25, -0.2) is 0 Å². The van der Waals surface area contributed by atoms with Crippen LogP contribution < -0.4 is 0 Å². The van der Waals surface area contributed by atoms with Crippen molar-refractivity contribution in [3.63, 3.8) is 0 Å². The quantitative estimate of drug-likeness (QED) is 0.0433. The number of rotatable bonds is 30. The normalized spacial score (nSPS) is 15.5. The van der Waals surface area contributed by atoms with Gasteiger partial charge in [0.05, 0.1) is 6.61 Å². The first kappa shape index (κ1) is 40.9. The summed E-state index contributed by atoms with van der Waals surface area (Å²) >= 11 is 32.3. The van der Waals surface area contributed by atoms with Crippen molar-refractivity contribution in [2.75, 3.05) is 6.61 Å². The van der Waals surface area contributed by atoms with Gasteiger partial charge in [-0.15, -0.1) is 58.0 Å². The Morgan fingerprint density at radius 2 is 1.00 bits per heavy atom. The molecule has 0 aliphatic heterocycles. The molecule has 0 spiro atoms. The third-order valence-corrected chi connectivity index (χ3v) is 10.1. The fourth-order valence-electron chi connectivity index (χ4n) is 5.06. The summed E-state index contributed by atoms with van der Waals surface area (Å²) in [5.74, 6) is -0.0777. The van der Waals surface area contributed by atoms with Crippen molar-refractivity contribution in [3.05, 3.63) is 0 Å². The minimum atomic E-state index is -0.101. The SMILES string of the molecule is CCCCCCCCCCCCCCCC(=O)OCCCC(Cl)CCC(Cl)C(Cl)CCCC(Cl)CC(Cl)CCC. The predicted octanol–water partition coefficient (Wildman–Crippen LogP) is 13.0. The van der Waals surface area contributed by atoms with E-state index >= 15 is 0 Å². The molecule has 0 rings (SSSR count). The third-order valence-electron chi connectivity index (χ3n) is 7.67. The summed E-state index contributed by atoms with van der Waals surface area (Å²) in [5, 5.41) is 0.102. The molecule has 0 aromatic heterocycles. The van der Waals surface area contributed by atoms with E-state index in [2.05, 4.69) is 13.8 Å². The van der Waals surface area contributed by atoms with E-state index < -0.39 is 0 Å². The number of carbonyl (C=O) groups excluding carboxylic acids is 1. The lowest BCUT2D eigenvalue weighted by molar-refractivity contribution is -0.143. The van der Waals surface area contributed by atoms with E-state index in [0.717, 1.165) is 77.0 Å². The number of carbonyl (C=O) groups is 1. The molecule has 0 fully saturated rings. The first-order valence-electron chi connectivity index (χ1n) is 16.7. The molecule has 0 aromatic carbocycles. The highest BCUT2D eigenvalue weighted by Gasteiger charge is 2.19. The van der Waals surface area contributed by atoms with Gasteiger partial charge in [-0.05, 0) is 57.8 Å². The summed E-state index contributed by atoms with van der Waals surface area (Å²) in [6, 6.07) is 0. The molecule has 5 atom stereocenters. The van der Waals surface area contributed by atoms with Crippen LogP contribution in [0.1, 0.15) is 168 Å². The highest BCUT2D eigenvalue weighted by molar-refractivity contribution is 6.30. The maximum atomic E-state index is 12.0. The van der Waals surface area contributed by atoms with E-state index in [-0.39, 0.29) is 32.9 Å². The smallest absolute Gasteiger partial charge is 0.305 e. The summed E-state index contributed by atoms with van der Waals surface area (Å²) < 4.78 is 5.40. The van der Waals surface area contributed by atoms with Crippen LogP contribution in [0.15, 0.2) is 0 Å². The minimum absolute atomic E-state index is 0.0244. The van der Waals surface area contributed by atoms with Gasteiger partial charge in [0.1, 0.15) is 0 Å². The zero-order valence-corrected chi connectivity index (χ0v) is 29.6. The lowest BCUT2D eigenvalue weighted by Gasteiger charge is -2.19. The zero-order chi connectivity index (χ0) is 29.8. The van der Waals surface area contributed by atoms with Crippen LogP contribution in [-0.4, -0.2) is 39.5 Å². The Bertz CT molecular complexity index is 551. The highest BCUT2D eigenvalue weighted by atomic mass is 35.5. The van der Waals surface area contributed by atoms with Crippen molar-refractivity contribution < 1.29 is 9.53 Å². The molecular formula is C33H61Cl5O2. The van der Waals surface area contributed by atoms with Crippen molar-refractivity contribution >= 4 is 64.0 Å². The van der Waals surface area contributed by atoms with Crippen molar-refractivity contribution in [1.29, 1.82) is 0 Å². The molecule has 0 aliphatic rings. The van der Waals surface area contributed by atoms with Crippen LogP contribution >= 0.6 is 58.0 Å². The Morgan fingerprint density at radius 1 is 0.500 bits per heavy atom. The van der Waals surface area contributed by atoms with Gasteiger partial charge in [0, 0.05) is 33.3 Å². The van der Waals surface area contributed by atoms with Crippen LogP contribution in [0.2, 0.25) is 0 Å². The van der Waals surface area contributed by atoms with Gasteiger partial charge in [0.15, 0.2) is 0 Å². The monoisotopic (exact) mass is 664 g/mol. The van der Waals surface area contributed by atoms with Crippen molar-refractivity contribution in [2.24, 2.45) is 0 Å². The van der Waals surface area contributed by atoms with Crippen LogP contribution in [0, 0.1) is 0 Å². The summed E-state index contributed by atoms with van der Waals surface area (Å²) in [6.07, 6.45) is 26.4. The van der Waals surface area contributed by atoms with Crippen LogP contribution in [0.25, 0.3) is 0 Å². The fourth-order valence-corrected chi connectivity index (χ4v) is 6.76. The van der Waals surface area contributed by atoms with Crippen molar-refractivity contribution in [2.45, 2.75) is 195 Å². The number of hydrogen-bond acceptors (Lipinski definition) is 2. The van der Waals surface area contributed by atoms with Crippen molar-refractivity contribution in [3.8, 4) is 0 Å². The Balaban J connectivity index is 3.59. The molecule has 0 saturated carbocycles. The average molecular weight is 667 g/mol. The number of hydrogen-bond donors (Lipinski definition) is 0. The molecule has 0 saturated heterocycles. The Kier molecular flexibility index (Phi) is 30.7. The summed E-state index contributed by atoms with van der Waals surface area (Å²) in [5.41, 5.74) is 0. The molecule has 0 bridgehead atoms. The Morgan fingerprint density at radius 3 is 1.57 bits per heavy atom. The van der Waals surface area contributed by atoms with Gasteiger partial charge in [-0.1, -0.05) is 104 Å². The molecule has 7 heteroatoms.